The Hall–Kier alpha value is -2.07. The van der Waals surface area contributed by atoms with E-state index in [4.69, 9.17) is 5.26 Å². The highest BCUT2D eigenvalue weighted by Gasteiger charge is 2.51. The van der Waals surface area contributed by atoms with Gasteiger partial charge in [-0.3, -0.25) is 0 Å². The highest BCUT2D eigenvalue weighted by Crippen LogP contribution is 2.60. The van der Waals surface area contributed by atoms with Gasteiger partial charge in [-0.2, -0.15) is 5.26 Å². The average Bonchev–Trinajstić information content (AvgIpc) is 3.14. The lowest BCUT2D eigenvalue weighted by molar-refractivity contribution is 0.749. The number of hydrogen-bond acceptors (Lipinski definition) is 1. The van der Waals surface area contributed by atoms with Gasteiger partial charge < -0.3 is 0 Å². The Kier molecular flexibility index (Phi) is 2.45. The molecule has 1 saturated carbocycles. The fraction of sp³-hybridized carbons (Fsp3) is 0.235. The molecule has 0 spiro atoms. The normalized spacial score (nSPS) is 25.4. The first-order valence-electron chi connectivity index (χ1n) is 6.29. The molecule has 3 rings (SSSR count). The van der Waals surface area contributed by atoms with Gasteiger partial charge in [0.1, 0.15) is 0 Å². The van der Waals surface area contributed by atoms with Gasteiger partial charge in [-0.1, -0.05) is 49.4 Å². The van der Waals surface area contributed by atoms with Crippen LogP contribution in [0.5, 0.6) is 0 Å². The summed E-state index contributed by atoms with van der Waals surface area (Å²) >= 11 is 0. The third-order valence-electron chi connectivity index (χ3n) is 4.11. The van der Waals surface area contributed by atoms with E-state index < -0.39 is 0 Å². The summed E-state index contributed by atoms with van der Waals surface area (Å²) in [5.74, 6) is 0.617. The van der Waals surface area contributed by atoms with Crippen molar-refractivity contribution in [2.75, 3.05) is 0 Å². The van der Waals surface area contributed by atoms with E-state index in [0.29, 0.717) is 5.92 Å². The topological polar surface area (TPSA) is 23.8 Å². The Balaban J connectivity index is 1.88. The molecule has 1 aliphatic carbocycles. The van der Waals surface area contributed by atoms with Crippen LogP contribution in [0.3, 0.4) is 0 Å². The summed E-state index contributed by atoms with van der Waals surface area (Å²) in [5, 5.41) is 8.83. The van der Waals surface area contributed by atoms with Crippen LogP contribution < -0.4 is 0 Å². The summed E-state index contributed by atoms with van der Waals surface area (Å²) in [5.41, 5.74) is 3.74. The van der Waals surface area contributed by atoms with Crippen molar-refractivity contribution in [1.29, 1.82) is 5.26 Å². The number of nitriles is 1. The van der Waals surface area contributed by atoms with Crippen LogP contribution in [0.4, 0.5) is 0 Å². The first-order valence-corrected chi connectivity index (χ1v) is 6.29. The summed E-state index contributed by atoms with van der Waals surface area (Å²) in [6.45, 7) is 2.31. The molecule has 0 aliphatic heterocycles. The number of nitrogens with zero attached hydrogens (tertiary/aromatic N) is 1. The number of hydrogen-bond donors (Lipinski definition) is 0. The molecular formula is C17H15N. The van der Waals surface area contributed by atoms with Crippen LogP contribution in [-0.2, 0) is 5.41 Å². The highest BCUT2D eigenvalue weighted by molar-refractivity contribution is 5.44. The fourth-order valence-electron chi connectivity index (χ4n) is 2.78. The minimum atomic E-state index is 0.245. The molecule has 2 aromatic rings. The minimum Gasteiger partial charge on any atom is -0.192 e. The van der Waals surface area contributed by atoms with E-state index in [1.165, 1.54) is 17.5 Å². The van der Waals surface area contributed by atoms with Crippen LogP contribution in [0, 0.1) is 11.3 Å². The van der Waals surface area contributed by atoms with Gasteiger partial charge in [0.2, 0.25) is 0 Å². The summed E-state index contributed by atoms with van der Waals surface area (Å²) in [4.78, 5) is 0. The second kappa shape index (κ2) is 3.99. The molecule has 88 valence electrons. The predicted octanol–water partition coefficient (Wildman–Crippen LogP) is 4.00. The molecule has 0 radical (unpaired) electrons. The van der Waals surface area contributed by atoms with Gasteiger partial charge in [-0.05, 0) is 41.0 Å². The number of rotatable bonds is 2. The first-order chi connectivity index (χ1) is 8.74. The molecule has 1 aliphatic rings. The molecule has 0 heterocycles. The van der Waals surface area contributed by atoms with Crippen molar-refractivity contribution in [3.63, 3.8) is 0 Å². The molecule has 1 heteroatoms. The van der Waals surface area contributed by atoms with E-state index in [1.807, 2.05) is 12.1 Å². The zero-order chi connectivity index (χ0) is 12.6. The van der Waals surface area contributed by atoms with Crippen molar-refractivity contribution in [3.05, 3.63) is 71.3 Å². The van der Waals surface area contributed by atoms with Crippen molar-refractivity contribution in [2.45, 2.75) is 24.7 Å². The molecule has 18 heavy (non-hydrogen) atoms. The summed E-state index contributed by atoms with van der Waals surface area (Å²) < 4.78 is 0. The van der Waals surface area contributed by atoms with Crippen molar-refractivity contribution in [3.8, 4) is 6.07 Å². The van der Waals surface area contributed by atoms with Crippen molar-refractivity contribution >= 4 is 0 Å². The van der Waals surface area contributed by atoms with Crippen LogP contribution in [0.1, 0.15) is 36.0 Å². The third kappa shape index (κ3) is 1.71. The fourth-order valence-corrected chi connectivity index (χ4v) is 2.78. The largest absolute Gasteiger partial charge is 0.192 e. The Labute approximate surface area is 108 Å². The molecule has 1 fully saturated rings. The Morgan fingerprint density at radius 1 is 1.06 bits per heavy atom. The lowest BCUT2D eigenvalue weighted by Gasteiger charge is -2.12. The monoisotopic (exact) mass is 233 g/mol. The van der Waals surface area contributed by atoms with Gasteiger partial charge in [-0.15, -0.1) is 0 Å². The van der Waals surface area contributed by atoms with E-state index in [-0.39, 0.29) is 5.41 Å². The Bertz CT molecular complexity index is 592. The number of benzene rings is 2. The second-order valence-corrected chi connectivity index (χ2v) is 5.27. The van der Waals surface area contributed by atoms with Gasteiger partial charge in [0.25, 0.3) is 0 Å². The summed E-state index contributed by atoms with van der Waals surface area (Å²) in [6.07, 6.45) is 1.20. The zero-order valence-electron chi connectivity index (χ0n) is 10.4. The molecular weight excluding hydrogens is 218 g/mol. The third-order valence-corrected chi connectivity index (χ3v) is 4.11. The maximum Gasteiger partial charge on any atom is 0.0991 e. The molecule has 2 aromatic carbocycles. The van der Waals surface area contributed by atoms with Gasteiger partial charge in [0, 0.05) is 0 Å². The lowest BCUT2D eigenvalue weighted by atomic mass is 9.92. The van der Waals surface area contributed by atoms with Gasteiger partial charge >= 0.3 is 0 Å². The van der Waals surface area contributed by atoms with E-state index in [1.54, 1.807) is 0 Å². The molecule has 2 atom stereocenters. The summed E-state index contributed by atoms with van der Waals surface area (Å²) in [7, 11) is 0. The molecule has 1 nitrogen and oxygen atoms in total. The molecule has 0 unspecified atom stereocenters. The van der Waals surface area contributed by atoms with Crippen LogP contribution in [-0.4, -0.2) is 0 Å². The van der Waals surface area contributed by atoms with E-state index >= 15 is 0 Å². The van der Waals surface area contributed by atoms with Crippen molar-refractivity contribution in [2.24, 2.45) is 0 Å². The van der Waals surface area contributed by atoms with E-state index in [0.717, 1.165) is 5.56 Å². The quantitative estimate of drug-likeness (QED) is 0.769. The Morgan fingerprint density at radius 2 is 1.72 bits per heavy atom. The second-order valence-electron chi connectivity index (χ2n) is 5.27. The molecule has 0 amide bonds. The van der Waals surface area contributed by atoms with Crippen molar-refractivity contribution < 1.29 is 0 Å². The average molecular weight is 233 g/mol. The molecule has 0 saturated heterocycles. The first kappa shape index (κ1) is 11.0. The Morgan fingerprint density at radius 3 is 2.33 bits per heavy atom. The van der Waals surface area contributed by atoms with Crippen LogP contribution in [0.25, 0.3) is 0 Å². The highest BCUT2D eigenvalue weighted by atomic mass is 14.5. The zero-order valence-corrected chi connectivity index (χ0v) is 10.4. The smallest absolute Gasteiger partial charge is 0.0991 e. The predicted molar refractivity (Wildman–Crippen MR) is 72.3 cm³/mol. The standard InChI is InChI=1S/C17H15N/c1-17(15-9-7-13(12-18)8-10-15)11-16(17)14-5-3-2-4-6-14/h2-10,16H,11H2,1H3/t16-,17-/m1/s1. The molecule has 0 N–H and O–H groups in total. The maximum absolute atomic E-state index is 8.83. The van der Waals surface area contributed by atoms with Crippen LogP contribution in [0.2, 0.25) is 0 Å². The van der Waals surface area contributed by atoms with E-state index in [2.05, 4.69) is 55.5 Å². The maximum atomic E-state index is 8.83. The lowest BCUT2D eigenvalue weighted by Crippen LogP contribution is -2.03. The van der Waals surface area contributed by atoms with Gasteiger partial charge in [-0.25, -0.2) is 0 Å². The molecule has 0 aromatic heterocycles. The van der Waals surface area contributed by atoms with Gasteiger partial charge in [0.05, 0.1) is 11.6 Å². The van der Waals surface area contributed by atoms with Crippen LogP contribution >= 0.6 is 0 Å². The van der Waals surface area contributed by atoms with Crippen LogP contribution in [0.15, 0.2) is 54.6 Å². The van der Waals surface area contributed by atoms with Crippen molar-refractivity contribution in [1.82, 2.24) is 0 Å². The molecule has 0 bridgehead atoms. The SMILES string of the molecule is C[C@]1(c2ccc(C#N)cc2)C[C@@H]1c1ccccc1. The van der Waals surface area contributed by atoms with Gasteiger partial charge in [0.15, 0.2) is 0 Å². The summed E-state index contributed by atoms with van der Waals surface area (Å²) in [6, 6.07) is 20.9. The van der Waals surface area contributed by atoms with E-state index in [9.17, 15) is 0 Å². The minimum absolute atomic E-state index is 0.245.